The Kier molecular flexibility index (Phi) is 8.36. The van der Waals surface area contributed by atoms with Crippen LogP contribution in [0, 0.1) is 28.6 Å². The zero-order chi connectivity index (χ0) is 30.5. The summed E-state index contributed by atoms with van der Waals surface area (Å²) in [4.78, 5) is 61.9. The summed E-state index contributed by atoms with van der Waals surface area (Å²) in [5.74, 6) is -5.16. The monoisotopic (exact) mass is 582 g/mol. The van der Waals surface area contributed by atoms with E-state index in [0.29, 0.717) is 6.42 Å². The highest BCUT2D eigenvalue weighted by molar-refractivity contribution is 5.83. The maximum atomic E-state index is 12.9. The fourth-order valence-electron chi connectivity index (χ4n) is 9.24. The van der Waals surface area contributed by atoms with Crippen LogP contribution in [0.15, 0.2) is 0 Å². The third-order valence-electron chi connectivity index (χ3n) is 10.6. The molecule has 0 spiro atoms. The molecule has 12 heteroatoms. The van der Waals surface area contributed by atoms with Crippen molar-refractivity contribution in [3.63, 3.8) is 0 Å². The van der Waals surface area contributed by atoms with Crippen LogP contribution in [0.25, 0.3) is 0 Å². The summed E-state index contributed by atoms with van der Waals surface area (Å²) in [6.45, 7) is 5.55. The first-order valence-corrected chi connectivity index (χ1v) is 14.3. The summed E-state index contributed by atoms with van der Waals surface area (Å²) in [5, 5.41) is 34.7. The van der Waals surface area contributed by atoms with Gasteiger partial charge in [-0.25, -0.2) is 0 Å². The molecule has 0 aromatic carbocycles. The summed E-state index contributed by atoms with van der Waals surface area (Å²) in [7, 11) is 0. The molecule has 4 aliphatic carbocycles. The van der Waals surface area contributed by atoms with Gasteiger partial charge in [0.1, 0.15) is 31.5 Å². The number of ether oxygens (including phenoxy) is 4. The molecule has 10 atom stereocenters. The third-order valence-corrected chi connectivity index (χ3v) is 10.6. The van der Waals surface area contributed by atoms with Crippen molar-refractivity contribution in [3.8, 4) is 0 Å². The molecule has 0 amide bonds. The molecule has 0 aromatic heterocycles. The zero-order valence-corrected chi connectivity index (χ0v) is 24.3. The van der Waals surface area contributed by atoms with Gasteiger partial charge in [-0.15, -0.1) is 0 Å². The summed E-state index contributed by atoms with van der Waals surface area (Å²) in [6, 6.07) is 0. The van der Waals surface area contributed by atoms with E-state index < -0.39 is 101 Å². The number of rotatable bonds is 7. The maximum absolute atomic E-state index is 12.9. The fraction of sp³-hybridized carbons (Fsp3) is 0.828. The normalized spacial score (nSPS) is 43.0. The van der Waals surface area contributed by atoms with Crippen LogP contribution in [0.5, 0.6) is 0 Å². The SMILES string of the molecule is CC(=O)OCC12C(OC(C)=O)CC(OC(C)=O)CC1(O)CCC1C2C(OC(C)=O)CC2(C)C(C(=O)CO)CCC12O. The lowest BCUT2D eigenvalue weighted by atomic mass is 9.40. The van der Waals surface area contributed by atoms with Crippen LogP contribution in [0.2, 0.25) is 0 Å². The minimum atomic E-state index is -1.72. The van der Waals surface area contributed by atoms with Crippen molar-refractivity contribution in [2.75, 3.05) is 13.2 Å². The average molecular weight is 583 g/mol. The highest BCUT2D eigenvalue weighted by atomic mass is 16.6. The molecule has 4 fully saturated rings. The van der Waals surface area contributed by atoms with Crippen molar-refractivity contribution >= 4 is 29.7 Å². The summed E-state index contributed by atoms with van der Waals surface area (Å²) >= 11 is 0. The molecule has 0 aromatic rings. The summed E-state index contributed by atoms with van der Waals surface area (Å²) in [6.07, 6.45) is -2.12. The number of esters is 4. The first-order valence-electron chi connectivity index (χ1n) is 14.3. The van der Waals surface area contributed by atoms with Gasteiger partial charge in [0.05, 0.1) is 16.6 Å². The van der Waals surface area contributed by atoms with Crippen LogP contribution in [-0.2, 0) is 42.9 Å². The van der Waals surface area contributed by atoms with Gasteiger partial charge in [-0.2, -0.15) is 0 Å². The number of aliphatic hydroxyl groups excluding tert-OH is 1. The Labute approximate surface area is 239 Å². The number of fused-ring (bicyclic) bond motifs is 5. The summed E-state index contributed by atoms with van der Waals surface area (Å²) in [5.41, 5.74) is -5.82. The molecule has 0 heterocycles. The highest BCUT2D eigenvalue weighted by Crippen LogP contribution is 2.71. The van der Waals surface area contributed by atoms with E-state index in [1.54, 1.807) is 6.92 Å². The largest absolute Gasteiger partial charge is 0.465 e. The lowest BCUT2D eigenvalue weighted by molar-refractivity contribution is -0.320. The lowest BCUT2D eigenvalue weighted by Crippen LogP contribution is -2.76. The van der Waals surface area contributed by atoms with E-state index in [2.05, 4.69) is 0 Å². The van der Waals surface area contributed by atoms with E-state index in [0.717, 1.165) is 0 Å². The van der Waals surface area contributed by atoms with Gasteiger partial charge in [0.2, 0.25) is 0 Å². The zero-order valence-electron chi connectivity index (χ0n) is 24.3. The van der Waals surface area contributed by atoms with Crippen molar-refractivity contribution in [1.82, 2.24) is 0 Å². The summed E-state index contributed by atoms with van der Waals surface area (Å²) < 4.78 is 22.8. The predicted molar refractivity (Wildman–Crippen MR) is 139 cm³/mol. The Morgan fingerprint density at radius 2 is 1.46 bits per heavy atom. The number of hydrogen-bond donors (Lipinski definition) is 3. The van der Waals surface area contributed by atoms with Gasteiger partial charge in [0.15, 0.2) is 5.78 Å². The number of ketones is 1. The molecule has 3 N–H and O–H groups in total. The Hall–Kier alpha value is -2.57. The van der Waals surface area contributed by atoms with E-state index in [4.69, 9.17) is 18.9 Å². The molecule has 4 rings (SSSR count). The van der Waals surface area contributed by atoms with Crippen molar-refractivity contribution < 1.29 is 58.2 Å². The minimum Gasteiger partial charge on any atom is -0.465 e. The van der Waals surface area contributed by atoms with Crippen LogP contribution >= 0.6 is 0 Å². The van der Waals surface area contributed by atoms with E-state index in [-0.39, 0.29) is 38.5 Å². The Morgan fingerprint density at radius 1 is 0.829 bits per heavy atom. The molecule has 0 radical (unpaired) electrons. The molecule has 230 valence electrons. The first-order chi connectivity index (χ1) is 19.0. The molecule has 4 aliphatic rings. The second-order valence-electron chi connectivity index (χ2n) is 12.7. The van der Waals surface area contributed by atoms with Gasteiger partial charge >= 0.3 is 23.9 Å². The van der Waals surface area contributed by atoms with Gasteiger partial charge in [-0.05, 0) is 38.0 Å². The first kappa shape index (κ1) is 31.4. The van der Waals surface area contributed by atoms with E-state index in [1.165, 1.54) is 27.7 Å². The molecule has 0 bridgehead atoms. The second-order valence-corrected chi connectivity index (χ2v) is 12.7. The Morgan fingerprint density at radius 3 is 2.02 bits per heavy atom. The van der Waals surface area contributed by atoms with Crippen LogP contribution in [0.4, 0.5) is 0 Å². The standard InChI is InChI=1S/C29H42O12/c1-15(31)38-14-28-24(41-18(4)34)10-19(39-16(2)32)11-27(28,36)8-6-21-25(28)23(40-17(3)33)12-26(5)20(22(35)13-30)7-9-29(21,26)37/h19-21,23-25,30,36-37H,6-14H2,1-5H3. The van der Waals surface area contributed by atoms with Crippen LogP contribution in [0.1, 0.15) is 79.6 Å². The minimum absolute atomic E-state index is 0.0138. The van der Waals surface area contributed by atoms with Gasteiger partial charge in [-0.3, -0.25) is 24.0 Å². The molecule has 41 heavy (non-hydrogen) atoms. The molecule has 0 saturated heterocycles. The molecule has 12 nitrogen and oxygen atoms in total. The van der Waals surface area contributed by atoms with E-state index in [1.807, 2.05) is 0 Å². The molecular formula is C29H42O12. The smallest absolute Gasteiger partial charge is 0.302 e. The van der Waals surface area contributed by atoms with Gasteiger partial charge in [-0.1, -0.05) is 6.92 Å². The molecule has 0 aliphatic heterocycles. The van der Waals surface area contributed by atoms with Gasteiger partial charge in [0.25, 0.3) is 0 Å². The number of hydrogen-bond acceptors (Lipinski definition) is 12. The fourth-order valence-corrected chi connectivity index (χ4v) is 9.24. The molecular weight excluding hydrogens is 540 g/mol. The van der Waals surface area contributed by atoms with Crippen molar-refractivity contribution in [1.29, 1.82) is 0 Å². The molecule has 10 unspecified atom stereocenters. The van der Waals surface area contributed by atoms with Crippen LogP contribution < -0.4 is 0 Å². The number of carbonyl (C=O) groups is 5. The van der Waals surface area contributed by atoms with Crippen LogP contribution in [0.3, 0.4) is 0 Å². The topological polar surface area (TPSA) is 183 Å². The highest BCUT2D eigenvalue weighted by Gasteiger charge is 2.77. The third kappa shape index (κ3) is 4.95. The number of carbonyl (C=O) groups excluding carboxylic acids is 5. The molecule has 4 saturated carbocycles. The lowest BCUT2D eigenvalue weighted by Gasteiger charge is -2.68. The van der Waals surface area contributed by atoms with Crippen molar-refractivity contribution in [2.45, 2.75) is 109 Å². The quantitative estimate of drug-likeness (QED) is 0.286. The van der Waals surface area contributed by atoms with E-state index >= 15 is 0 Å². The average Bonchev–Trinajstić information content (AvgIpc) is 3.11. The number of aliphatic hydroxyl groups is 3. The van der Waals surface area contributed by atoms with Gasteiger partial charge in [0, 0.05) is 57.8 Å². The maximum Gasteiger partial charge on any atom is 0.302 e. The van der Waals surface area contributed by atoms with Crippen molar-refractivity contribution in [3.05, 3.63) is 0 Å². The van der Waals surface area contributed by atoms with Gasteiger partial charge < -0.3 is 34.3 Å². The predicted octanol–water partition coefficient (Wildman–Crippen LogP) is 0.995. The number of Topliss-reactive ketones (excluding diaryl/α,β-unsaturated/α-hetero) is 1. The second kappa shape index (κ2) is 10.9. The Bertz CT molecular complexity index is 1110. The van der Waals surface area contributed by atoms with Crippen LogP contribution in [-0.4, -0.2) is 87.7 Å². The van der Waals surface area contributed by atoms with E-state index in [9.17, 15) is 39.3 Å². The Balaban J connectivity index is 1.94. The van der Waals surface area contributed by atoms with Crippen molar-refractivity contribution in [2.24, 2.45) is 28.6 Å².